The molecule has 0 aliphatic carbocycles. The molecule has 1 aliphatic heterocycles. The predicted molar refractivity (Wildman–Crippen MR) is 63.0 cm³/mol. The molecule has 1 saturated heterocycles. The topological polar surface area (TPSA) is 44.1 Å². The number of carbonyl (C=O) groups is 1. The molecule has 1 aliphatic rings. The maximum atomic E-state index is 11.2. The number of nitrogens with zero attached hydrogens (tertiary/aromatic N) is 2. The number of nitriles is 1. The molecule has 1 amide bonds. The van der Waals surface area contributed by atoms with E-state index in [9.17, 15) is 10.1 Å². The van der Waals surface area contributed by atoms with Crippen molar-refractivity contribution in [3.63, 3.8) is 0 Å². The van der Waals surface area contributed by atoms with Gasteiger partial charge < -0.3 is 4.90 Å². The third-order valence-electron chi connectivity index (χ3n) is 3.13. The summed E-state index contributed by atoms with van der Waals surface area (Å²) in [6.45, 7) is 3.11. The maximum Gasteiger partial charge on any atom is 0.219 e. The van der Waals surface area contributed by atoms with E-state index in [-0.39, 0.29) is 11.8 Å². The zero-order valence-electron chi connectivity index (χ0n) is 9.22. The Morgan fingerprint density at radius 3 is 3.06 bits per heavy atom. The molecule has 3 nitrogen and oxygen atoms in total. The van der Waals surface area contributed by atoms with Gasteiger partial charge in [0.05, 0.1) is 12.0 Å². The predicted octanol–water partition coefficient (Wildman–Crippen LogP) is 2.22. The molecule has 2 unspecified atom stereocenters. The minimum absolute atomic E-state index is 0.0515. The molecule has 1 aromatic rings. The lowest BCUT2D eigenvalue weighted by Crippen LogP contribution is -2.26. The van der Waals surface area contributed by atoms with Crippen LogP contribution in [0.1, 0.15) is 24.1 Å². The van der Waals surface area contributed by atoms with Crippen molar-refractivity contribution in [3.05, 3.63) is 22.4 Å². The number of carbonyl (C=O) groups excluding carboxylic acids is 1. The van der Waals surface area contributed by atoms with Crippen molar-refractivity contribution < 1.29 is 4.79 Å². The van der Waals surface area contributed by atoms with Crippen LogP contribution < -0.4 is 0 Å². The van der Waals surface area contributed by atoms with Crippen molar-refractivity contribution in [2.45, 2.75) is 19.3 Å². The molecule has 2 heterocycles. The molecule has 2 atom stereocenters. The van der Waals surface area contributed by atoms with Gasteiger partial charge in [0, 0.05) is 24.9 Å². The molecular weight excluding hydrogens is 220 g/mol. The summed E-state index contributed by atoms with van der Waals surface area (Å²) in [7, 11) is 0. The van der Waals surface area contributed by atoms with Crippen LogP contribution in [0.5, 0.6) is 0 Å². The number of hydrogen-bond donors (Lipinski definition) is 0. The van der Waals surface area contributed by atoms with Crippen LogP contribution in [0.4, 0.5) is 0 Å². The SMILES string of the molecule is CC(=O)N1CCC(C(C#N)c2cccs2)C1. The van der Waals surface area contributed by atoms with Gasteiger partial charge in [0.1, 0.15) is 0 Å². The Bertz CT molecular complexity index is 407. The van der Waals surface area contributed by atoms with Crippen molar-refractivity contribution in [2.75, 3.05) is 13.1 Å². The Kier molecular flexibility index (Phi) is 3.25. The zero-order valence-corrected chi connectivity index (χ0v) is 10.0. The van der Waals surface area contributed by atoms with Crippen LogP contribution in [0.15, 0.2) is 17.5 Å². The highest BCUT2D eigenvalue weighted by Crippen LogP contribution is 2.33. The summed E-state index contributed by atoms with van der Waals surface area (Å²) >= 11 is 1.63. The molecule has 0 radical (unpaired) electrons. The average molecular weight is 234 g/mol. The number of thiophene rings is 1. The van der Waals surface area contributed by atoms with E-state index in [1.54, 1.807) is 18.3 Å². The molecule has 0 bridgehead atoms. The first kappa shape index (κ1) is 11.2. The van der Waals surface area contributed by atoms with Gasteiger partial charge in [-0.25, -0.2) is 0 Å². The van der Waals surface area contributed by atoms with Crippen LogP contribution in [0.2, 0.25) is 0 Å². The normalized spacial score (nSPS) is 21.8. The second-order valence-electron chi connectivity index (χ2n) is 4.14. The summed E-state index contributed by atoms with van der Waals surface area (Å²) < 4.78 is 0. The Hall–Kier alpha value is -1.34. The van der Waals surface area contributed by atoms with Gasteiger partial charge in [0.25, 0.3) is 0 Å². The maximum absolute atomic E-state index is 11.2. The van der Waals surface area contributed by atoms with E-state index in [0.717, 1.165) is 24.4 Å². The van der Waals surface area contributed by atoms with E-state index in [0.29, 0.717) is 5.92 Å². The fourth-order valence-corrected chi connectivity index (χ4v) is 3.08. The van der Waals surface area contributed by atoms with Gasteiger partial charge in [-0.3, -0.25) is 4.79 Å². The lowest BCUT2D eigenvalue weighted by atomic mass is 9.91. The van der Waals surface area contributed by atoms with Gasteiger partial charge in [-0.2, -0.15) is 5.26 Å². The first-order chi connectivity index (χ1) is 7.72. The molecule has 4 heteroatoms. The molecule has 1 fully saturated rings. The van der Waals surface area contributed by atoms with E-state index in [1.807, 2.05) is 22.4 Å². The van der Waals surface area contributed by atoms with E-state index in [4.69, 9.17) is 0 Å². The molecule has 84 valence electrons. The highest BCUT2D eigenvalue weighted by molar-refractivity contribution is 7.10. The first-order valence-electron chi connectivity index (χ1n) is 5.41. The second kappa shape index (κ2) is 4.67. The monoisotopic (exact) mass is 234 g/mol. The summed E-state index contributed by atoms with van der Waals surface area (Å²) in [4.78, 5) is 14.2. The number of hydrogen-bond acceptors (Lipinski definition) is 3. The Morgan fingerprint density at radius 2 is 2.56 bits per heavy atom. The average Bonchev–Trinajstić information content (AvgIpc) is 2.88. The smallest absolute Gasteiger partial charge is 0.219 e. The molecular formula is C12H14N2OS. The van der Waals surface area contributed by atoms with E-state index >= 15 is 0 Å². The fraction of sp³-hybridized carbons (Fsp3) is 0.500. The van der Waals surface area contributed by atoms with E-state index < -0.39 is 0 Å². The highest BCUT2D eigenvalue weighted by Gasteiger charge is 2.31. The van der Waals surface area contributed by atoms with Crippen LogP contribution in [0.25, 0.3) is 0 Å². The summed E-state index contributed by atoms with van der Waals surface area (Å²) in [5.41, 5.74) is 0. The molecule has 0 N–H and O–H groups in total. The zero-order chi connectivity index (χ0) is 11.5. The van der Waals surface area contributed by atoms with Crippen molar-refractivity contribution in [3.8, 4) is 6.07 Å². The van der Waals surface area contributed by atoms with E-state index in [1.165, 1.54) is 0 Å². The Balaban J connectivity index is 2.08. The van der Waals surface area contributed by atoms with Gasteiger partial charge in [-0.05, 0) is 23.8 Å². The largest absolute Gasteiger partial charge is 0.343 e. The Labute approximate surface area is 99.3 Å². The molecule has 0 aromatic carbocycles. The van der Waals surface area contributed by atoms with Gasteiger partial charge >= 0.3 is 0 Å². The number of amides is 1. The molecule has 0 spiro atoms. The van der Waals surface area contributed by atoms with Crippen LogP contribution >= 0.6 is 11.3 Å². The van der Waals surface area contributed by atoms with Crippen molar-refractivity contribution in [1.29, 1.82) is 5.26 Å². The van der Waals surface area contributed by atoms with Crippen molar-refractivity contribution >= 4 is 17.2 Å². The third kappa shape index (κ3) is 2.10. The third-order valence-corrected chi connectivity index (χ3v) is 4.09. The van der Waals surface area contributed by atoms with Crippen LogP contribution in [-0.4, -0.2) is 23.9 Å². The molecule has 16 heavy (non-hydrogen) atoms. The Morgan fingerprint density at radius 1 is 1.75 bits per heavy atom. The molecule has 1 aromatic heterocycles. The highest BCUT2D eigenvalue weighted by atomic mass is 32.1. The van der Waals surface area contributed by atoms with Gasteiger partial charge in [0.2, 0.25) is 5.91 Å². The van der Waals surface area contributed by atoms with Crippen LogP contribution in [-0.2, 0) is 4.79 Å². The van der Waals surface area contributed by atoms with Crippen LogP contribution in [0, 0.1) is 17.2 Å². The summed E-state index contributed by atoms with van der Waals surface area (Å²) in [5, 5.41) is 11.2. The lowest BCUT2D eigenvalue weighted by Gasteiger charge is -2.16. The minimum Gasteiger partial charge on any atom is -0.343 e. The molecule has 2 rings (SSSR count). The minimum atomic E-state index is -0.0515. The van der Waals surface area contributed by atoms with Crippen molar-refractivity contribution in [1.82, 2.24) is 4.90 Å². The van der Waals surface area contributed by atoms with E-state index in [2.05, 4.69) is 6.07 Å². The first-order valence-corrected chi connectivity index (χ1v) is 6.29. The quantitative estimate of drug-likeness (QED) is 0.787. The summed E-state index contributed by atoms with van der Waals surface area (Å²) in [6, 6.07) is 6.36. The fourth-order valence-electron chi connectivity index (χ4n) is 2.21. The summed E-state index contributed by atoms with van der Waals surface area (Å²) in [6.07, 6.45) is 0.940. The van der Waals surface area contributed by atoms with Gasteiger partial charge in [0.15, 0.2) is 0 Å². The number of rotatable bonds is 2. The van der Waals surface area contributed by atoms with Gasteiger partial charge in [-0.15, -0.1) is 11.3 Å². The molecule has 0 saturated carbocycles. The van der Waals surface area contributed by atoms with Crippen molar-refractivity contribution in [2.24, 2.45) is 5.92 Å². The van der Waals surface area contributed by atoms with Crippen LogP contribution in [0.3, 0.4) is 0 Å². The lowest BCUT2D eigenvalue weighted by molar-refractivity contribution is -0.127. The summed E-state index contributed by atoms with van der Waals surface area (Å²) in [5.74, 6) is 0.363. The second-order valence-corrected chi connectivity index (χ2v) is 5.12. The standard InChI is InChI=1S/C12H14N2OS/c1-9(15)14-5-4-10(8-14)11(7-13)12-3-2-6-16-12/h2-3,6,10-11H,4-5,8H2,1H3. The number of likely N-dealkylation sites (tertiary alicyclic amines) is 1. The van der Waals surface area contributed by atoms with Gasteiger partial charge in [-0.1, -0.05) is 6.07 Å².